The summed E-state index contributed by atoms with van der Waals surface area (Å²) in [6.45, 7) is 0.201. The van der Waals surface area contributed by atoms with Crippen LogP contribution in [0.5, 0.6) is 0 Å². The first-order valence-electron chi connectivity index (χ1n) is 7.97. The Bertz CT molecular complexity index is 558. The van der Waals surface area contributed by atoms with E-state index in [0.717, 1.165) is 43.9 Å². The van der Waals surface area contributed by atoms with Gasteiger partial charge in [-0.05, 0) is 43.4 Å². The highest BCUT2D eigenvalue weighted by Gasteiger charge is 2.37. The van der Waals surface area contributed by atoms with Gasteiger partial charge in [0.1, 0.15) is 11.6 Å². The van der Waals surface area contributed by atoms with Gasteiger partial charge in [-0.2, -0.15) is 0 Å². The zero-order valence-corrected chi connectivity index (χ0v) is 12.5. The van der Waals surface area contributed by atoms with Crippen molar-refractivity contribution in [1.29, 1.82) is 0 Å². The maximum absolute atomic E-state index is 14.0. The molecule has 1 saturated carbocycles. The van der Waals surface area contributed by atoms with Crippen LogP contribution in [0.3, 0.4) is 0 Å². The Morgan fingerprint density at radius 2 is 2.00 bits per heavy atom. The number of carbonyl (C=O) groups excluding carboxylic acids is 1. The van der Waals surface area contributed by atoms with Crippen LogP contribution in [-0.2, 0) is 4.79 Å². The van der Waals surface area contributed by atoms with Gasteiger partial charge in [0, 0.05) is 18.5 Å². The number of benzene rings is 1. The van der Waals surface area contributed by atoms with Gasteiger partial charge >= 0.3 is 0 Å². The van der Waals surface area contributed by atoms with Crippen molar-refractivity contribution in [3.8, 4) is 0 Å². The summed E-state index contributed by atoms with van der Waals surface area (Å²) in [5.74, 6) is -0.722. The monoisotopic (exact) mass is 309 g/mol. The molecule has 3 nitrogen and oxygen atoms in total. The average molecular weight is 309 g/mol. The van der Waals surface area contributed by atoms with Gasteiger partial charge in [0.25, 0.3) is 0 Å². The molecule has 1 aromatic rings. The van der Waals surface area contributed by atoms with Crippen LogP contribution in [0, 0.1) is 17.6 Å². The van der Waals surface area contributed by atoms with E-state index in [1.54, 1.807) is 0 Å². The van der Waals surface area contributed by atoms with Crippen LogP contribution < -0.4 is 0 Å². The molecular weight excluding hydrogens is 288 g/mol. The number of rotatable bonds is 3. The fraction of sp³-hybridized carbons (Fsp3) is 0.588. The van der Waals surface area contributed by atoms with Crippen LogP contribution in [0.4, 0.5) is 8.78 Å². The van der Waals surface area contributed by atoms with Crippen molar-refractivity contribution in [3.63, 3.8) is 0 Å². The molecule has 0 radical (unpaired) electrons. The average Bonchev–Trinajstić information content (AvgIpc) is 3.11. The van der Waals surface area contributed by atoms with Crippen LogP contribution in [0.1, 0.15) is 50.1 Å². The summed E-state index contributed by atoms with van der Waals surface area (Å²) in [4.78, 5) is 14.1. The molecule has 0 aromatic heterocycles. The molecule has 0 bridgehead atoms. The van der Waals surface area contributed by atoms with E-state index < -0.39 is 23.8 Å². The van der Waals surface area contributed by atoms with Crippen molar-refractivity contribution in [2.45, 2.75) is 50.7 Å². The van der Waals surface area contributed by atoms with E-state index in [1.807, 2.05) is 0 Å². The third-order valence-electron chi connectivity index (χ3n) is 4.85. The number of aliphatic hydroxyl groups excluding tert-OH is 1. The largest absolute Gasteiger partial charge is 0.391 e. The van der Waals surface area contributed by atoms with Crippen molar-refractivity contribution in [3.05, 3.63) is 35.4 Å². The number of nitrogens with zero attached hydrogens (tertiary/aromatic N) is 1. The fourth-order valence-corrected chi connectivity index (χ4v) is 3.73. The second-order valence-corrected chi connectivity index (χ2v) is 6.47. The first-order chi connectivity index (χ1) is 10.5. The first-order valence-corrected chi connectivity index (χ1v) is 7.97. The van der Waals surface area contributed by atoms with Gasteiger partial charge < -0.3 is 10.0 Å². The highest BCUT2D eigenvalue weighted by Crippen LogP contribution is 2.36. The number of carbonyl (C=O) groups is 1. The summed E-state index contributed by atoms with van der Waals surface area (Å²) in [6, 6.07) is 2.71. The van der Waals surface area contributed by atoms with Crippen molar-refractivity contribution in [1.82, 2.24) is 4.90 Å². The zero-order valence-electron chi connectivity index (χ0n) is 12.5. The van der Waals surface area contributed by atoms with Gasteiger partial charge in [-0.25, -0.2) is 8.78 Å². The van der Waals surface area contributed by atoms with Gasteiger partial charge in [-0.1, -0.05) is 12.8 Å². The van der Waals surface area contributed by atoms with Crippen LogP contribution >= 0.6 is 0 Å². The number of β-amino-alcohol motifs (C(OH)–C–C–N with tert-alkyl or cyclic N) is 1. The van der Waals surface area contributed by atoms with E-state index in [0.29, 0.717) is 12.3 Å². The third kappa shape index (κ3) is 3.14. The van der Waals surface area contributed by atoms with Crippen LogP contribution in [0.15, 0.2) is 18.2 Å². The minimum Gasteiger partial charge on any atom is -0.391 e. The van der Waals surface area contributed by atoms with Crippen LogP contribution in [0.25, 0.3) is 0 Å². The molecule has 1 aromatic carbocycles. The second kappa shape index (κ2) is 6.32. The molecule has 2 atom stereocenters. The van der Waals surface area contributed by atoms with E-state index in [-0.39, 0.29) is 24.4 Å². The van der Waals surface area contributed by atoms with Gasteiger partial charge in [-0.3, -0.25) is 4.79 Å². The lowest BCUT2D eigenvalue weighted by Gasteiger charge is -2.26. The molecule has 1 aliphatic carbocycles. The molecule has 1 amide bonds. The molecule has 22 heavy (non-hydrogen) atoms. The Kier molecular flexibility index (Phi) is 4.43. The molecule has 1 aliphatic heterocycles. The molecular formula is C17H21F2NO2. The predicted molar refractivity (Wildman–Crippen MR) is 78.0 cm³/mol. The van der Waals surface area contributed by atoms with Gasteiger partial charge in [0.2, 0.25) is 5.91 Å². The Morgan fingerprint density at radius 3 is 2.73 bits per heavy atom. The molecule has 2 unspecified atom stereocenters. The molecule has 5 heteroatoms. The maximum atomic E-state index is 14.0. The molecule has 0 spiro atoms. The minimum absolute atomic E-state index is 0.0582. The summed E-state index contributed by atoms with van der Waals surface area (Å²) in [5, 5.41) is 9.89. The van der Waals surface area contributed by atoms with Gasteiger partial charge in [0.05, 0.1) is 12.1 Å². The topological polar surface area (TPSA) is 40.5 Å². The number of hydrogen-bond donors (Lipinski definition) is 1. The van der Waals surface area contributed by atoms with E-state index in [4.69, 9.17) is 0 Å². The second-order valence-electron chi connectivity index (χ2n) is 6.47. The lowest BCUT2D eigenvalue weighted by atomic mass is 10.0. The maximum Gasteiger partial charge on any atom is 0.223 e. The van der Waals surface area contributed by atoms with Crippen molar-refractivity contribution in [2.24, 2.45) is 5.92 Å². The SMILES string of the molecule is O=C(CC1CCCC1)N1CC(O)CC1c1cc(F)ccc1F. The van der Waals surface area contributed by atoms with Crippen molar-refractivity contribution >= 4 is 5.91 Å². The molecule has 2 aliphatic rings. The lowest BCUT2D eigenvalue weighted by molar-refractivity contribution is -0.133. The zero-order chi connectivity index (χ0) is 15.7. The first kappa shape index (κ1) is 15.4. The Morgan fingerprint density at radius 1 is 1.27 bits per heavy atom. The minimum atomic E-state index is -0.680. The van der Waals surface area contributed by atoms with Crippen molar-refractivity contribution in [2.75, 3.05) is 6.54 Å². The van der Waals surface area contributed by atoms with E-state index in [1.165, 1.54) is 4.90 Å². The molecule has 120 valence electrons. The summed E-state index contributed by atoms with van der Waals surface area (Å²) in [6.07, 6.45) is 4.45. The Labute approximate surface area is 128 Å². The van der Waals surface area contributed by atoms with Crippen LogP contribution in [-0.4, -0.2) is 28.6 Å². The number of amides is 1. The Hall–Kier alpha value is -1.49. The molecule has 1 N–H and O–H groups in total. The number of halogens is 2. The number of likely N-dealkylation sites (tertiary alicyclic amines) is 1. The quantitative estimate of drug-likeness (QED) is 0.931. The molecule has 3 rings (SSSR count). The smallest absolute Gasteiger partial charge is 0.223 e. The predicted octanol–water partition coefficient (Wildman–Crippen LogP) is 3.18. The summed E-state index contributed by atoms with van der Waals surface area (Å²) >= 11 is 0. The Balaban J connectivity index is 1.79. The summed E-state index contributed by atoms with van der Waals surface area (Å²) in [5.41, 5.74) is 0.163. The third-order valence-corrected chi connectivity index (χ3v) is 4.85. The van der Waals surface area contributed by atoms with E-state index in [9.17, 15) is 18.7 Å². The number of aliphatic hydroxyl groups is 1. The van der Waals surface area contributed by atoms with Gasteiger partial charge in [0.15, 0.2) is 0 Å². The highest BCUT2D eigenvalue weighted by molar-refractivity contribution is 5.77. The van der Waals surface area contributed by atoms with E-state index in [2.05, 4.69) is 0 Å². The van der Waals surface area contributed by atoms with E-state index >= 15 is 0 Å². The molecule has 1 heterocycles. The summed E-state index contributed by atoms with van der Waals surface area (Å²) in [7, 11) is 0. The highest BCUT2D eigenvalue weighted by atomic mass is 19.1. The molecule has 1 saturated heterocycles. The fourth-order valence-electron chi connectivity index (χ4n) is 3.73. The normalized spacial score (nSPS) is 25.9. The lowest BCUT2D eigenvalue weighted by Crippen LogP contribution is -2.33. The standard InChI is InChI=1S/C17H21F2NO2/c18-12-5-6-15(19)14(8-12)16-9-13(21)10-20(16)17(22)7-11-3-1-2-4-11/h5-6,8,11,13,16,21H,1-4,7,9-10H2. The summed E-state index contributed by atoms with van der Waals surface area (Å²) < 4.78 is 27.4. The van der Waals surface area contributed by atoms with Crippen molar-refractivity contribution < 1.29 is 18.7 Å². The van der Waals surface area contributed by atoms with Gasteiger partial charge in [-0.15, -0.1) is 0 Å². The van der Waals surface area contributed by atoms with Crippen LogP contribution in [0.2, 0.25) is 0 Å². The molecule has 2 fully saturated rings. The number of hydrogen-bond acceptors (Lipinski definition) is 2.